The van der Waals surface area contributed by atoms with Crippen molar-refractivity contribution in [2.75, 3.05) is 161 Å². The summed E-state index contributed by atoms with van der Waals surface area (Å²) in [5, 5.41) is 28.8. The number of Topliss-reactive ketones (excluding diaryl/α,β-unsaturated/α-hetero) is 1. The van der Waals surface area contributed by atoms with Gasteiger partial charge in [0.25, 0.3) is 11.8 Å². The first kappa shape index (κ1) is 93.3. The summed E-state index contributed by atoms with van der Waals surface area (Å²) in [5.41, 5.74) is -1.18. The van der Waals surface area contributed by atoms with E-state index < -0.39 is 220 Å². The maximum Gasteiger partial charge on any atom is 0.323 e. The van der Waals surface area contributed by atoms with Crippen LogP contribution in [0.4, 0.5) is 5.69 Å². The van der Waals surface area contributed by atoms with E-state index in [-0.39, 0.29) is 79.5 Å². The average Bonchev–Trinajstić information content (AvgIpc) is 1.52. The maximum absolute atomic E-state index is 14.7. The average molecular weight is 1640 g/mol. The molecule has 4 aliphatic carbocycles. The third-order valence-corrected chi connectivity index (χ3v) is 22.8. The second-order valence-electron chi connectivity index (χ2n) is 31.6. The van der Waals surface area contributed by atoms with E-state index in [0.717, 1.165) is 84.5 Å². The van der Waals surface area contributed by atoms with Crippen molar-refractivity contribution < 1.29 is 115 Å². The molecule has 38 nitrogen and oxygen atoms in total. The quantitative estimate of drug-likeness (QED) is 0.0262. The third-order valence-electron chi connectivity index (χ3n) is 22.8. The number of carbonyl (C=O) groups is 18. The van der Waals surface area contributed by atoms with Gasteiger partial charge in [0.2, 0.25) is 76.8 Å². The van der Waals surface area contributed by atoms with E-state index in [0.29, 0.717) is 24.8 Å². The third kappa shape index (κ3) is 22.9. The number of rotatable bonds is 40. The second kappa shape index (κ2) is 40.3. The fourth-order valence-electron chi connectivity index (χ4n) is 15.8. The van der Waals surface area contributed by atoms with Crippen molar-refractivity contribution in [3.63, 3.8) is 0 Å². The molecule has 0 bridgehead atoms. The number of carboxylic acids is 1. The summed E-state index contributed by atoms with van der Waals surface area (Å²) in [4.78, 5) is 245. The number of hydrogen-bond acceptors (Lipinski definition) is 23. The Balaban J connectivity index is 0.796. The Morgan fingerprint density at radius 2 is 1.07 bits per heavy atom. The number of ketones is 2. The fraction of sp³-hybridized carbons (Fsp3) is 0.620. The number of anilines is 1. The smallest absolute Gasteiger partial charge is 0.323 e. The number of amides is 15. The SMILES string of the molecule is CCC[C@@H]1O[C@@H]2C[C@H]3[C@@H]4CCC5=CC(=O)C=C[C@]5(C)[C@H]4[C@@H](O)C[C@]3(C)[C@]2(C(=O)COCNC(=O)[C@H](C)NC(=O)[C@H](C)NC(=O)CCc2ccc(N3C(=O)C=CC3=O)cc2OCCCC(=O)N(C)CC(=O)N(C)CC(=O)N(C)CC(=O)N(C)CC(=O)N(C)CC(=O)N(C)CC(=O)N(C)CC(=O)N(C)CC(=O)N(C)CC(=O)N(C)CC(=O)O)O1. The van der Waals surface area contributed by atoms with Gasteiger partial charge in [0.05, 0.1) is 83.4 Å². The van der Waals surface area contributed by atoms with Crippen LogP contribution in [0.2, 0.25) is 0 Å². The molecule has 2 heterocycles. The Kier molecular flexibility index (Phi) is 32.2. The zero-order chi connectivity index (χ0) is 87.0. The maximum atomic E-state index is 14.7. The zero-order valence-corrected chi connectivity index (χ0v) is 69.3. The molecule has 5 N–H and O–H groups in total. The van der Waals surface area contributed by atoms with Crippen LogP contribution in [0, 0.1) is 28.6 Å². The predicted octanol–water partition coefficient (Wildman–Crippen LogP) is -2.29. The lowest BCUT2D eigenvalue weighted by Gasteiger charge is -2.59. The molecular formula is C79H112N14O24. The van der Waals surface area contributed by atoms with E-state index in [1.54, 1.807) is 18.2 Å². The van der Waals surface area contributed by atoms with Crippen molar-refractivity contribution in [1.29, 1.82) is 0 Å². The fourth-order valence-corrected chi connectivity index (χ4v) is 15.8. The monoisotopic (exact) mass is 1640 g/mol. The highest BCUT2D eigenvalue weighted by molar-refractivity contribution is 6.28. The van der Waals surface area contributed by atoms with E-state index >= 15 is 0 Å². The lowest BCUT2D eigenvalue weighted by atomic mass is 9.46. The minimum atomic E-state index is -1.44. The topological polar surface area (TPSA) is 456 Å². The van der Waals surface area contributed by atoms with E-state index in [1.807, 2.05) is 19.9 Å². The van der Waals surface area contributed by atoms with Crippen molar-refractivity contribution in [2.24, 2.45) is 28.6 Å². The van der Waals surface area contributed by atoms with Gasteiger partial charge >= 0.3 is 5.97 Å². The van der Waals surface area contributed by atoms with Crippen LogP contribution in [0.15, 0.2) is 54.2 Å². The number of ether oxygens (including phenoxy) is 4. The number of aryl methyl sites for hydroxylation is 1. The van der Waals surface area contributed by atoms with Gasteiger partial charge in [-0.3, -0.25) is 86.3 Å². The van der Waals surface area contributed by atoms with Crippen LogP contribution in [-0.2, 0) is 107 Å². The molecule has 642 valence electrons. The molecule has 2 aliphatic heterocycles. The van der Waals surface area contributed by atoms with Gasteiger partial charge in [0, 0.05) is 118 Å². The minimum absolute atomic E-state index is 0.00916. The molecule has 3 saturated carbocycles. The second-order valence-corrected chi connectivity index (χ2v) is 31.6. The number of fused-ring (bicyclic) bond motifs is 7. The molecule has 1 saturated heterocycles. The number of aliphatic carboxylic acids is 1. The molecule has 38 heteroatoms. The van der Waals surface area contributed by atoms with Crippen molar-refractivity contribution in [3.05, 3.63) is 59.7 Å². The predicted molar refractivity (Wildman–Crippen MR) is 415 cm³/mol. The molecule has 1 aromatic carbocycles. The number of aliphatic hydroxyl groups is 1. The lowest BCUT2D eigenvalue weighted by Crippen LogP contribution is -2.63. The number of nitrogens with one attached hydrogen (secondary N) is 3. The van der Waals surface area contributed by atoms with Gasteiger partial charge in [-0.05, 0) is 94.4 Å². The molecule has 1 aromatic rings. The molecule has 11 atom stereocenters. The molecule has 4 fully saturated rings. The molecule has 0 spiro atoms. The van der Waals surface area contributed by atoms with Crippen LogP contribution in [-0.4, -0.2) is 357 Å². The first-order chi connectivity index (χ1) is 54.9. The number of likely N-dealkylation sites (N-methyl/N-ethyl adjacent to an activating group) is 10. The first-order valence-electron chi connectivity index (χ1n) is 38.7. The Morgan fingerprint density at radius 1 is 0.607 bits per heavy atom. The van der Waals surface area contributed by atoms with Gasteiger partial charge < -0.3 is 94.1 Å². The summed E-state index contributed by atoms with van der Waals surface area (Å²) in [6.45, 7) is 2.96. The summed E-state index contributed by atoms with van der Waals surface area (Å²) in [6.07, 6.45) is 8.63. The zero-order valence-electron chi connectivity index (χ0n) is 69.3. The number of benzene rings is 1. The number of carbonyl (C=O) groups excluding carboxylic acids is 17. The Hall–Kier alpha value is -10.9. The van der Waals surface area contributed by atoms with Gasteiger partial charge in [0.1, 0.15) is 37.7 Å². The summed E-state index contributed by atoms with van der Waals surface area (Å²) >= 11 is 0. The van der Waals surface area contributed by atoms with Gasteiger partial charge in [0.15, 0.2) is 23.5 Å². The number of hydrogen-bond donors (Lipinski definition) is 5. The van der Waals surface area contributed by atoms with Crippen molar-refractivity contribution in [3.8, 4) is 5.75 Å². The molecule has 117 heavy (non-hydrogen) atoms. The summed E-state index contributed by atoms with van der Waals surface area (Å²) < 4.78 is 25.1. The summed E-state index contributed by atoms with van der Waals surface area (Å²) in [5.74, 6) is -11.3. The van der Waals surface area contributed by atoms with E-state index in [9.17, 15) is 91.4 Å². The molecule has 7 rings (SSSR count). The standard InChI is InChI=1S/C79H112N14O24/c1-16-18-73-116-58-33-54-53-24-22-50-31-52(94)28-29-77(50,4)74(53)55(95)34-78(54,5)79(58,117-73)57(96)45-114-46-80-75(112)47(2)82-76(113)48(3)81-59(97)25-21-49-20-23-51(93-61(99)26-27-62(93)100)32-56(49)115-30-17-19-60(98)83(6)35-63(101)84(7)36-64(102)85(8)37-65(103)86(9)38-66(104)87(10)39-67(105)88(11)40-68(106)89(12)41-69(107)90(13)42-70(108)91(14)43-71(109)92(15)44-72(110)111/h20,23,26-29,31-32,47-48,53-55,58,73-74,95H,16-19,21-22,24-25,30,33-46H2,1-15H3,(H,80,112)(H,81,97)(H,82,113)(H,110,111)/t47-,48-,53-,54-,55-,58+,73+,74+,77-,78-,79+/m0/s1. The summed E-state index contributed by atoms with van der Waals surface area (Å²) in [6, 6.07) is 2.22. The number of aliphatic hydroxyl groups excluding tert-OH is 1. The first-order valence-corrected chi connectivity index (χ1v) is 38.7. The van der Waals surface area contributed by atoms with Crippen molar-refractivity contribution in [1.82, 2.24) is 64.9 Å². The van der Waals surface area contributed by atoms with Gasteiger partial charge in [-0.25, -0.2) is 4.90 Å². The minimum Gasteiger partial charge on any atom is -0.493 e. The Morgan fingerprint density at radius 3 is 1.54 bits per heavy atom. The van der Waals surface area contributed by atoms with Crippen LogP contribution in [0.5, 0.6) is 5.75 Å². The summed E-state index contributed by atoms with van der Waals surface area (Å²) in [7, 11) is 13.0. The number of allylic oxidation sites excluding steroid dienone is 4. The van der Waals surface area contributed by atoms with Crippen LogP contribution in [0.1, 0.15) is 98.0 Å². The largest absolute Gasteiger partial charge is 0.493 e. The van der Waals surface area contributed by atoms with Crippen LogP contribution >= 0.6 is 0 Å². The molecule has 15 amide bonds. The van der Waals surface area contributed by atoms with Crippen LogP contribution in [0.3, 0.4) is 0 Å². The van der Waals surface area contributed by atoms with Gasteiger partial charge in [-0.2, -0.15) is 0 Å². The molecular weight excluding hydrogens is 1530 g/mol. The highest BCUT2D eigenvalue weighted by atomic mass is 16.7. The van der Waals surface area contributed by atoms with Gasteiger partial charge in [-0.1, -0.05) is 44.9 Å². The van der Waals surface area contributed by atoms with Crippen molar-refractivity contribution in [2.45, 2.75) is 135 Å². The van der Waals surface area contributed by atoms with E-state index in [2.05, 4.69) is 22.9 Å². The lowest BCUT2D eigenvalue weighted by molar-refractivity contribution is -0.201. The highest BCUT2D eigenvalue weighted by Gasteiger charge is 2.76. The number of imide groups is 1. The number of nitrogens with zero attached hydrogens (tertiary/aromatic N) is 11. The Bertz CT molecular complexity index is 4110. The normalized spacial score (nSPS) is 22.4. The van der Waals surface area contributed by atoms with Crippen molar-refractivity contribution >= 4 is 112 Å². The molecule has 0 aromatic heterocycles. The van der Waals surface area contributed by atoms with Crippen LogP contribution < -0.4 is 25.6 Å². The van der Waals surface area contributed by atoms with E-state index in [1.165, 1.54) is 96.5 Å². The molecule has 0 unspecified atom stereocenters. The number of carboxylic acid groups (broad SMARTS) is 1. The van der Waals surface area contributed by atoms with Crippen LogP contribution in [0.25, 0.3) is 0 Å². The Labute approximate surface area is 679 Å². The van der Waals surface area contributed by atoms with E-state index in [4.69, 9.17) is 24.1 Å². The van der Waals surface area contributed by atoms with Gasteiger partial charge in [-0.15, -0.1) is 0 Å². The molecule has 0 radical (unpaired) electrons. The molecule has 6 aliphatic rings. The highest BCUT2D eigenvalue weighted by Crippen LogP contribution is 2.70.